The molecular formula is C31H30N2O6. The number of amides is 1. The Morgan fingerprint density at radius 2 is 1.51 bits per heavy atom. The van der Waals surface area contributed by atoms with E-state index in [9.17, 15) is 14.7 Å². The van der Waals surface area contributed by atoms with Gasteiger partial charge in [-0.2, -0.15) is 0 Å². The Balaban J connectivity index is 1.53. The normalized spacial score (nSPS) is 14.6. The zero-order chi connectivity index (χ0) is 27.6. The number of rotatable bonds is 7. The van der Waals surface area contributed by atoms with E-state index in [2.05, 4.69) is 4.98 Å². The Bertz CT molecular complexity index is 1530. The summed E-state index contributed by atoms with van der Waals surface area (Å²) in [6.45, 7) is 0.757. The van der Waals surface area contributed by atoms with Gasteiger partial charge in [-0.05, 0) is 42.7 Å². The molecule has 0 aliphatic carbocycles. The Morgan fingerprint density at radius 1 is 0.846 bits per heavy atom. The first-order valence-corrected chi connectivity index (χ1v) is 12.7. The van der Waals surface area contributed by atoms with Gasteiger partial charge in [-0.25, -0.2) is 0 Å². The van der Waals surface area contributed by atoms with E-state index in [-0.39, 0.29) is 17.4 Å². The predicted octanol–water partition coefficient (Wildman–Crippen LogP) is 4.62. The van der Waals surface area contributed by atoms with Crippen LogP contribution in [-0.2, 0) is 5.60 Å². The number of ketones is 1. The minimum absolute atomic E-state index is 0.188. The number of benzene rings is 3. The van der Waals surface area contributed by atoms with Crippen molar-refractivity contribution in [2.45, 2.75) is 18.4 Å². The molecule has 0 radical (unpaired) electrons. The quantitative estimate of drug-likeness (QED) is 0.351. The summed E-state index contributed by atoms with van der Waals surface area (Å²) in [4.78, 5) is 33.5. The lowest BCUT2D eigenvalue weighted by Gasteiger charge is -2.38. The molecule has 3 aromatic carbocycles. The summed E-state index contributed by atoms with van der Waals surface area (Å²) in [6, 6.07) is 19.8. The summed E-state index contributed by atoms with van der Waals surface area (Å²) in [7, 11) is 4.57. The summed E-state index contributed by atoms with van der Waals surface area (Å²) in [5, 5.41) is 12.2. The summed E-state index contributed by atoms with van der Waals surface area (Å²) in [6.07, 6.45) is 2.28. The molecule has 1 aromatic heterocycles. The first-order chi connectivity index (χ1) is 18.9. The monoisotopic (exact) mass is 526 g/mol. The largest absolute Gasteiger partial charge is 0.497 e. The van der Waals surface area contributed by atoms with Crippen LogP contribution in [0.4, 0.5) is 0 Å². The van der Waals surface area contributed by atoms with Crippen LogP contribution in [0.3, 0.4) is 0 Å². The van der Waals surface area contributed by atoms with Gasteiger partial charge in [-0.1, -0.05) is 42.5 Å². The molecule has 0 saturated carbocycles. The number of carbonyl (C=O) groups is 2. The fourth-order valence-corrected chi connectivity index (χ4v) is 5.11. The van der Waals surface area contributed by atoms with Crippen LogP contribution in [0.25, 0.3) is 10.8 Å². The van der Waals surface area contributed by atoms with Gasteiger partial charge in [0.15, 0.2) is 11.5 Å². The fourth-order valence-electron chi connectivity index (χ4n) is 5.11. The molecule has 1 aliphatic rings. The molecule has 4 aromatic rings. The van der Waals surface area contributed by atoms with E-state index in [0.29, 0.717) is 65.1 Å². The van der Waals surface area contributed by atoms with E-state index < -0.39 is 5.60 Å². The van der Waals surface area contributed by atoms with E-state index in [1.165, 1.54) is 27.5 Å². The molecule has 0 spiro atoms. The number of hydrogen-bond acceptors (Lipinski definition) is 7. The summed E-state index contributed by atoms with van der Waals surface area (Å²) in [5.41, 5.74) is 0.808. The second-order valence-electron chi connectivity index (χ2n) is 9.52. The van der Waals surface area contributed by atoms with Gasteiger partial charge in [0.2, 0.25) is 5.78 Å². The molecule has 8 nitrogen and oxygen atoms in total. The number of fused-ring (bicyclic) bond motifs is 1. The van der Waals surface area contributed by atoms with E-state index in [0.717, 1.165) is 5.56 Å². The van der Waals surface area contributed by atoms with Crippen LogP contribution in [0, 0.1) is 0 Å². The lowest BCUT2D eigenvalue weighted by Crippen LogP contribution is -2.45. The van der Waals surface area contributed by atoms with Gasteiger partial charge in [0.1, 0.15) is 11.4 Å². The van der Waals surface area contributed by atoms with E-state index >= 15 is 0 Å². The van der Waals surface area contributed by atoms with Crippen LogP contribution < -0.4 is 14.2 Å². The smallest absolute Gasteiger partial charge is 0.256 e. The third-order valence-electron chi connectivity index (χ3n) is 7.36. The lowest BCUT2D eigenvalue weighted by atomic mass is 9.84. The number of carbonyl (C=O) groups excluding carboxylic acids is 2. The number of likely N-dealkylation sites (tertiary alicyclic amines) is 1. The van der Waals surface area contributed by atoms with Crippen molar-refractivity contribution in [2.75, 3.05) is 34.4 Å². The third kappa shape index (κ3) is 4.91. The van der Waals surface area contributed by atoms with E-state index in [4.69, 9.17) is 14.2 Å². The van der Waals surface area contributed by atoms with Crippen molar-refractivity contribution in [1.29, 1.82) is 0 Å². The summed E-state index contributed by atoms with van der Waals surface area (Å²) in [5.74, 6) is 0.868. The average Bonchev–Trinajstić information content (AvgIpc) is 2.99. The van der Waals surface area contributed by atoms with Gasteiger partial charge in [0.25, 0.3) is 5.91 Å². The number of aromatic nitrogens is 1. The average molecular weight is 527 g/mol. The highest BCUT2D eigenvalue weighted by Gasteiger charge is 2.36. The fraction of sp³-hybridized carbons (Fsp3) is 0.258. The number of nitrogens with zero attached hydrogens (tertiary/aromatic N) is 2. The highest BCUT2D eigenvalue weighted by atomic mass is 16.5. The van der Waals surface area contributed by atoms with Crippen molar-refractivity contribution in [2.24, 2.45) is 0 Å². The maximum atomic E-state index is 13.8. The molecule has 0 bridgehead atoms. The highest BCUT2D eigenvalue weighted by Crippen LogP contribution is 2.37. The number of pyridine rings is 1. The van der Waals surface area contributed by atoms with Gasteiger partial charge in [-0.3, -0.25) is 14.6 Å². The van der Waals surface area contributed by atoms with Crippen LogP contribution in [0.1, 0.15) is 44.8 Å². The number of methoxy groups -OCH3 is 3. The topological polar surface area (TPSA) is 98.2 Å². The number of piperidine rings is 1. The second-order valence-corrected chi connectivity index (χ2v) is 9.52. The Hall–Kier alpha value is -4.43. The van der Waals surface area contributed by atoms with Crippen LogP contribution in [0.2, 0.25) is 0 Å². The van der Waals surface area contributed by atoms with Crippen molar-refractivity contribution in [3.05, 3.63) is 95.3 Å². The Kier molecular flexibility index (Phi) is 7.21. The number of aliphatic hydroxyl groups is 1. The molecule has 5 rings (SSSR count). The Morgan fingerprint density at radius 3 is 2.15 bits per heavy atom. The Labute approximate surface area is 226 Å². The molecule has 1 amide bonds. The second kappa shape index (κ2) is 10.7. The van der Waals surface area contributed by atoms with Crippen molar-refractivity contribution >= 4 is 22.5 Å². The zero-order valence-electron chi connectivity index (χ0n) is 22.1. The van der Waals surface area contributed by atoms with Crippen molar-refractivity contribution in [3.8, 4) is 17.2 Å². The molecule has 39 heavy (non-hydrogen) atoms. The molecule has 1 fully saturated rings. The molecule has 1 aliphatic heterocycles. The van der Waals surface area contributed by atoms with Gasteiger partial charge in [-0.15, -0.1) is 0 Å². The summed E-state index contributed by atoms with van der Waals surface area (Å²) >= 11 is 0. The number of hydrogen-bond donors (Lipinski definition) is 1. The van der Waals surface area contributed by atoms with Gasteiger partial charge < -0.3 is 24.2 Å². The minimum Gasteiger partial charge on any atom is -0.497 e. The first kappa shape index (κ1) is 26.2. The molecule has 1 N–H and O–H groups in total. The van der Waals surface area contributed by atoms with E-state index in [1.54, 1.807) is 41.3 Å². The third-order valence-corrected chi connectivity index (χ3v) is 7.36. The maximum Gasteiger partial charge on any atom is 0.256 e. The lowest BCUT2D eigenvalue weighted by molar-refractivity contribution is -0.0211. The summed E-state index contributed by atoms with van der Waals surface area (Å²) < 4.78 is 16.3. The van der Waals surface area contributed by atoms with Crippen LogP contribution >= 0.6 is 0 Å². The van der Waals surface area contributed by atoms with Crippen molar-refractivity contribution < 1.29 is 28.9 Å². The number of ether oxygens (including phenoxy) is 3. The molecule has 8 heteroatoms. The van der Waals surface area contributed by atoms with Crippen LogP contribution in [0.5, 0.6) is 17.2 Å². The van der Waals surface area contributed by atoms with Crippen molar-refractivity contribution in [1.82, 2.24) is 9.88 Å². The van der Waals surface area contributed by atoms with Crippen molar-refractivity contribution in [3.63, 3.8) is 0 Å². The molecule has 200 valence electrons. The highest BCUT2D eigenvalue weighted by molar-refractivity contribution is 6.18. The minimum atomic E-state index is -0.984. The molecule has 1 saturated heterocycles. The molecular weight excluding hydrogens is 496 g/mol. The van der Waals surface area contributed by atoms with Crippen LogP contribution in [0.15, 0.2) is 72.9 Å². The molecule has 2 heterocycles. The maximum absolute atomic E-state index is 13.8. The zero-order valence-corrected chi connectivity index (χ0v) is 22.1. The first-order valence-electron chi connectivity index (χ1n) is 12.7. The van der Waals surface area contributed by atoms with Gasteiger partial charge in [0.05, 0.1) is 32.5 Å². The predicted molar refractivity (Wildman–Crippen MR) is 147 cm³/mol. The standard InChI is InChI=1S/C31H30N2O6/c1-37-22-11-7-8-20(16-22)29(34)28-24-18-27(39-3)26(38-2)17-23(24)25(19-32-28)30(35)33-14-12-31(36,13-15-33)21-9-5-4-6-10-21/h4-11,16-19,36H,12-15H2,1-3H3. The van der Waals surface area contributed by atoms with Gasteiger partial charge in [0, 0.05) is 35.6 Å². The molecule has 0 atom stereocenters. The SMILES string of the molecule is COc1cccc(C(=O)c2ncc(C(=O)N3CCC(O)(c4ccccc4)CC3)c3cc(OC)c(OC)cc23)c1. The molecule has 0 unspecified atom stereocenters. The van der Waals surface area contributed by atoms with Crippen LogP contribution in [-0.4, -0.2) is 61.1 Å². The van der Waals surface area contributed by atoms with E-state index in [1.807, 2.05) is 30.3 Å². The van der Waals surface area contributed by atoms with Gasteiger partial charge >= 0.3 is 0 Å².